The van der Waals surface area contributed by atoms with E-state index in [2.05, 4.69) is 41.8 Å². The van der Waals surface area contributed by atoms with E-state index in [9.17, 15) is 4.79 Å². The van der Waals surface area contributed by atoms with E-state index in [4.69, 9.17) is 4.74 Å². The summed E-state index contributed by atoms with van der Waals surface area (Å²) in [5.41, 5.74) is 1.10. The molecule has 2 N–H and O–H groups in total. The van der Waals surface area contributed by atoms with Crippen LogP contribution in [-0.4, -0.2) is 30.3 Å². The van der Waals surface area contributed by atoms with Gasteiger partial charge in [0, 0.05) is 23.9 Å². The number of carbonyl (C=O) groups is 1. The van der Waals surface area contributed by atoms with E-state index in [1.807, 2.05) is 6.92 Å². The number of carbonyl (C=O) groups excluding carboxylic acids is 1. The third kappa shape index (κ3) is 4.68. The number of ether oxygens (including phenoxy) is 1. The second-order valence-electron chi connectivity index (χ2n) is 6.53. The predicted octanol–water partition coefficient (Wildman–Crippen LogP) is 2.98. The van der Waals surface area contributed by atoms with Gasteiger partial charge in [-0.05, 0) is 19.8 Å². The normalized spacial score (nSPS) is 20.3. The molecule has 0 aromatic carbocycles. The minimum absolute atomic E-state index is 0.0382. The fourth-order valence-corrected chi connectivity index (χ4v) is 3.20. The van der Waals surface area contributed by atoms with Gasteiger partial charge in [0.15, 0.2) is 0 Å². The lowest BCUT2D eigenvalue weighted by molar-refractivity contribution is 0.111. The van der Waals surface area contributed by atoms with E-state index < -0.39 is 0 Å². The number of hydrogen-bond donors (Lipinski definition) is 2. The van der Waals surface area contributed by atoms with Gasteiger partial charge in [-0.15, -0.1) is 11.3 Å². The molecule has 0 aliphatic carbocycles. The first-order valence-electron chi connectivity index (χ1n) is 7.48. The van der Waals surface area contributed by atoms with Gasteiger partial charge >= 0.3 is 6.03 Å². The Labute approximate surface area is 130 Å². The topological polar surface area (TPSA) is 63.2 Å². The number of thiazole rings is 1. The summed E-state index contributed by atoms with van der Waals surface area (Å²) in [6.45, 7) is 9.74. The van der Waals surface area contributed by atoms with E-state index in [1.54, 1.807) is 11.3 Å². The average Bonchev–Trinajstić information content (AvgIpc) is 3.07. The van der Waals surface area contributed by atoms with Crippen LogP contribution in [0.3, 0.4) is 0 Å². The highest BCUT2D eigenvalue weighted by molar-refractivity contribution is 7.09. The van der Waals surface area contributed by atoms with Gasteiger partial charge in [0.2, 0.25) is 0 Å². The zero-order valence-electron chi connectivity index (χ0n) is 13.2. The fraction of sp³-hybridized carbons (Fsp3) is 0.733. The van der Waals surface area contributed by atoms with Gasteiger partial charge in [-0.3, -0.25) is 0 Å². The molecule has 1 aliphatic rings. The van der Waals surface area contributed by atoms with Crippen LogP contribution < -0.4 is 10.6 Å². The monoisotopic (exact) mass is 311 g/mol. The Hall–Kier alpha value is -1.14. The largest absolute Gasteiger partial charge is 0.376 e. The molecule has 0 saturated carbocycles. The molecule has 0 bridgehead atoms. The summed E-state index contributed by atoms with van der Waals surface area (Å²) >= 11 is 1.59. The summed E-state index contributed by atoms with van der Waals surface area (Å²) in [5.74, 6) is 0. The molecular formula is C15H25N3O2S. The second-order valence-corrected chi connectivity index (χ2v) is 7.42. The number of nitrogens with zero attached hydrogens (tertiary/aromatic N) is 1. The Kier molecular flexibility index (Phi) is 5.22. The number of rotatable bonds is 4. The first-order chi connectivity index (χ1) is 9.86. The minimum atomic E-state index is -0.162. The van der Waals surface area contributed by atoms with Crippen LogP contribution in [0.2, 0.25) is 0 Å². The van der Waals surface area contributed by atoms with Crippen molar-refractivity contribution in [2.45, 2.75) is 58.1 Å². The van der Waals surface area contributed by atoms with E-state index in [0.29, 0.717) is 6.54 Å². The molecule has 2 atom stereocenters. The molecule has 1 aromatic rings. The van der Waals surface area contributed by atoms with Crippen molar-refractivity contribution in [3.8, 4) is 0 Å². The van der Waals surface area contributed by atoms with Gasteiger partial charge < -0.3 is 15.4 Å². The Morgan fingerprint density at radius 3 is 2.90 bits per heavy atom. The van der Waals surface area contributed by atoms with Crippen molar-refractivity contribution in [1.82, 2.24) is 15.6 Å². The van der Waals surface area contributed by atoms with Crippen molar-refractivity contribution in [2.75, 3.05) is 13.2 Å². The van der Waals surface area contributed by atoms with E-state index in [-0.39, 0.29) is 23.6 Å². The maximum absolute atomic E-state index is 11.9. The van der Waals surface area contributed by atoms with Gasteiger partial charge in [0.05, 0.1) is 17.8 Å². The van der Waals surface area contributed by atoms with Crippen molar-refractivity contribution in [1.29, 1.82) is 0 Å². The lowest BCUT2D eigenvalue weighted by Crippen LogP contribution is -2.40. The van der Waals surface area contributed by atoms with Crippen molar-refractivity contribution in [2.24, 2.45) is 0 Å². The average molecular weight is 311 g/mol. The third-order valence-electron chi connectivity index (χ3n) is 3.52. The lowest BCUT2D eigenvalue weighted by atomic mass is 9.93. The highest BCUT2D eigenvalue weighted by Crippen LogP contribution is 2.26. The fourth-order valence-electron chi connectivity index (χ4n) is 2.15. The number of urea groups is 1. The highest BCUT2D eigenvalue weighted by atomic mass is 32.1. The SMILES string of the molecule is CC(NC(=O)NCC1CCCO1)c1nc(C(C)(C)C)cs1. The quantitative estimate of drug-likeness (QED) is 0.898. The maximum Gasteiger partial charge on any atom is 0.315 e. The second kappa shape index (κ2) is 6.75. The predicted molar refractivity (Wildman–Crippen MR) is 84.7 cm³/mol. The Bertz CT molecular complexity index is 476. The summed E-state index contributed by atoms with van der Waals surface area (Å²) in [6.07, 6.45) is 2.27. The molecule has 21 heavy (non-hydrogen) atoms. The molecular weight excluding hydrogens is 286 g/mol. The first kappa shape index (κ1) is 16.2. The molecule has 0 spiro atoms. The number of nitrogens with one attached hydrogen (secondary N) is 2. The summed E-state index contributed by atoms with van der Waals surface area (Å²) in [4.78, 5) is 16.5. The van der Waals surface area contributed by atoms with E-state index in [0.717, 1.165) is 30.2 Å². The molecule has 2 heterocycles. The molecule has 2 rings (SSSR count). The van der Waals surface area contributed by atoms with E-state index >= 15 is 0 Å². The van der Waals surface area contributed by atoms with Crippen LogP contribution in [-0.2, 0) is 10.2 Å². The van der Waals surface area contributed by atoms with Crippen LogP contribution in [0.4, 0.5) is 4.79 Å². The summed E-state index contributed by atoms with van der Waals surface area (Å²) in [7, 11) is 0. The minimum Gasteiger partial charge on any atom is -0.376 e. The van der Waals surface area contributed by atoms with Crippen molar-refractivity contribution in [3.05, 3.63) is 16.1 Å². The molecule has 5 nitrogen and oxygen atoms in total. The van der Waals surface area contributed by atoms with Crippen LogP contribution in [0.1, 0.15) is 57.3 Å². The molecule has 0 radical (unpaired) electrons. The zero-order valence-corrected chi connectivity index (χ0v) is 14.0. The van der Waals surface area contributed by atoms with Crippen molar-refractivity contribution >= 4 is 17.4 Å². The molecule has 6 heteroatoms. The van der Waals surface area contributed by atoms with Gasteiger partial charge in [-0.2, -0.15) is 0 Å². The van der Waals surface area contributed by atoms with Crippen molar-refractivity contribution in [3.63, 3.8) is 0 Å². The number of amides is 2. The van der Waals surface area contributed by atoms with Gasteiger partial charge in [0.1, 0.15) is 5.01 Å². The molecule has 118 valence electrons. The first-order valence-corrected chi connectivity index (χ1v) is 8.36. The summed E-state index contributed by atoms with van der Waals surface area (Å²) in [6, 6.07) is -0.249. The standard InChI is InChI=1S/C15H25N3O2S/c1-10(13-18-12(9-21-13)15(2,3)4)17-14(19)16-8-11-6-5-7-20-11/h9-11H,5-8H2,1-4H3,(H2,16,17,19). The van der Waals surface area contributed by atoms with Crippen LogP contribution in [0.15, 0.2) is 5.38 Å². The van der Waals surface area contributed by atoms with E-state index in [1.165, 1.54) is 0 Å². The Morgan fingerprint density at radius 1 is 1.57 bits per heavy atom. The van der Waals surface area contributed by atoms with Crippen LogP contribution >= 0.6 is 11.3 Å². The Morgan fingerprint density at radius 2 is 2.33 bits per heavy atom. The number of hydrogen-bond acceptors (Lipinski definition) is 4. The molecule has 2 unspecified atom stereocenters. The van der Waals surface area contributed by atoms with Crippen molar-refractivity contribution < 1.29 is 9.53 Å². The molecule has 2 amide bonds. The third-order valence-corrected chi connectivity index (χ3v) is 4.55. The Balaban J connectivity index is 1.81. The molecule has 1 aromatic heterocycles. The van der Waals surface area contributed by atoms with Gasteiger partial charge in [-0.1, -0.05) is 20.8 Å². The van der Waals surface area contributed by atoms with Gasteiger partial charge in [0.25, 0.3) is 0 Å². The number of aromatic nitrogens is 1. The smallest absolute Gasteiger partial charge is 0.315 e. The van der Waals surface area contributed by atoms with Crippen LogP contribution in [0.5, 0.6) is 0 Å². The molecule has 1 fully saturated rings. The van der Waals surface area contributed by atoms with Crippen LogP contribution in [0.25, 0.3) is 0 Å². The lowest BCUT2D eigenvalue weighted by Gasteiger charge is -2.16. The van der Waals surface area contributed by atoms with Crippen LogP contribution in [0, 0.1) is 0 Å². The highest BCUT2D eigenvalue weighted by Gasteiger charge is 2.21. The summed E-state index contributed by atoms with van der Waals surface area (Å²) in [5, 5.41) is 8.80. The zero-order chi connectivity index (χ0) is 15.5. The summed E-state index contributed by atoms with van der Waals surface area (Å²) < 4.78 is 5.48. The molecule has 1 aliphatic heterocycles. The van der Waals surface area contributed by atoms with Gasteiger partial charge in [-0.25, -0.2) is 9.78 Å². The maximum atomic E-state index is 11.9. The molecule has 1 saturated heterocycles.